The Labute approximate surface area is 186 Å². The summed E-state index contributed by atoms with van der Waals surface area (Å²) in [5, 5.41) is 15.0. The zero-order valence-electron chi connectivity index (χ0n) is 17.6. The number of benzene rings is 1. The maximum absolute atomic E-state index is 13.3. The van der Waals surface area contributed by atoms with Gasteiger partial charge in [-0.2, -0.15) is 5.10 Å². The smallest absolute Gasteiger partial charge is 0.256 e. The van der Waals surface area contributed by atoms with Gasteiger partial charge in [0.05, 0.1) is 22.3 Å². The number of carbonyl (C=O) groups excluding carboxylic acids is 1. The van der Waals surface area contributed by atoms with Crippen molar-refractivity contribution in [3.63, 3.8) is 0 Å². The number of carbonyl (C=O) groups is 1. The largest absolute Gasteiger partial charge is 0.508 e. The molecule has 0 saturated carbocycles. The average molecular weight is 440 g/mol. The normalized spacial score (nSPS) is 19.4. The topological polar surface area (TPSA) is 74.0 Å². The Morgan fingerprint density at radius 2 is 1.90 bits per heavy atom. The van der Waals surface area contributed by atoms with Crippen molar-refractivity contribution in [2.75, 3.05) is 24.5 Å². The molecule has 31 heavy (non-hydrogen) atoms. The number of anilines is 1. The van der Waals surface area contributed by atoms with Gasteiger partial charge in [0.25, 0.3) is 5.91 Å². The summed E-state index contributed by atoms with van der Waals surface area (Å²) in [5.41, 5.74) is 3.07. The predicted octanol–water partition coefficient (Wildman–Crippen LogP) is 4.36. The molecule has 2 fully saturated rings. The van der Waals surface area contributed by atoms with Crippen LogP contribution < -0.4 is 4.90 Å². The Morgan fingerprint density at radius 3 is 2.71 bits per heavy atom. The number of aryl methyl sites for hydroxylation is 1. The second kappa shape index (κ2) is 8.04. The van der Waals surface area contributed by atoms with E-state index >= 15 is 0 Å². The molecule has 1 N–H and O–H groups in total. The zero-order chi connectivity index (χ0) is 21.5. The molecule has 0 bridgehead atoms. The van der Waals surface area contributed by atoms with Crippen LogP contribution in [-0.2, 0) is 0 Å². The molecule has 1 atom stereocenters. The van der Waals surface area contributed by atoms with Crippen LogP contribution in [0.1, 0.15) is 59.8 Å². The second-order valence-electron chi connectivity index (χ2n) is 8.49. The van der Waals surface area contributed by atoms with Gasteiger partial charge in [0.2, 0.25) is 0 Å². The van der Waals surface area contributed by atoms with Crippen LogP contribution in [0.4, 0.5) is 5.82 Å². The number of amides is 1. The van der Waals surface area contributed by atoms with Crippen molar-refractivity contribution in [2.24, 2.45) is 0 Å². The van der Waals surface area contributed by atoms with Crippen molar-refractivity contribution in [3.8, 4) is 5.75 Å². The maximum atomic E-state index is 13.3. The lowest BCUT2D eigenvalue weighted by Crippen LogP contribution is -2.38. The number of phenols is 1. The van der Waals surface area contributed by atoms with Crippen LogP contribution in [0.15, 0.2) is 30.5 Å². The first kappa shape index (κ1) is 20.1. The predicted molar refractivity (Wildman–Crippen MR) is 120 cm³/mol. The van der Waals surface area contributed by atoms with E-state index in [2.05, 4.69) is 11.8 Å². The highest BCUT2D eigenvalue weighted by Crippen LogP contribution is 2.34. The number of fused-ring (bicyclic) bond motifs is 1. The Bertz CT molecular complexity index is 1140. The molecule has 2 aromatic heterocycles. The molecule has 2 saturated heterocycles. The van der Waals surface area contributed by atoms with Gasteiger partial charge in [-0.25, -0.2) is 9.50 Å². The minimum atomic E-state index is -0.176. The molecule has 1 amide bonds. The molecule has 1 aromatic carbocycles. The first-order valence-corrected chi connectivity index (χ1v) is 11.3. The number of phenolic OH excluding ortho intramolecular Hbond substituents is 1. The van der Waals surface area contributed by atoms with Crippen molar-refractivity contribution in [2.45, 2.75) is 45.1 Å². The molecule has 5 rings (SSSR count). The number of likely N-dealkylation sites (tertiary alicyclic amines) is 1. The van der Waals surface area contributed by atoms with Crippen molar-refractivity contribution in [1.82, 2.24) is 19.5 Å². The van der Waals surface area contributed by atoms with Gasteiger partial charge >= 0.3 is 0 Å². The van der Waals surface area contributed by atoms with E-state index in [1.54, 1.807) is 6.07 Å². The summed E-state index contributed by atoms with van der Waals surface area (Å²) in [7, 11) is 0. The lowest BCUT2D eigenvalue weighted by atomic mass is 9.98. The van der Waals surface area contributed by atoms with Crippen LogP contribution in [0.25, 0.3) is 5.65 Å². The summed E-state index contributed by atoms with van der Waals surface area (Å²) in [6.45, 7) is 4.79. The lowest BCUT2D eigenvalue weighted by Gasteiger charge is -2.35. The van der Waals surface area contributed by atoms with Gasteiger partial charge < -0.3 is 14.9 Å². The van der Waals surface area contributed by atoms with E-state index < -0.39 is 0 Å². The van der Waals surface area contributed by atoms with Crippen molar-refractivity contribution < 1.29 is 9.90 Å². The van der Waals surface area contributed by atoms with E-state index in [4.69, 9.17) is 21.7 Å². The quantitative estimate of drug-likeness (QED) is 0.656. The molecule has 7 nitrogen and oxygen atoms in total. The van der Waals surface area contributed by atoms with Crippen LogP contribution in [0.5, 0.6) is 5.75 Å². The van der Waals surface area contributed by atoms with Gasteiger partial charge in [0.15, 0.2) is 5.65 Å². The first-order chi connectivity index (χ1) is 15.0. The maximum Gasteiger partial charge on any atom is 0.256 e. The van der Waals surface area contributed by atoms with Gasteiger partial charge in [-0.05, 0) is 57.2 Å². The molecule has 4 heterocycles. The number of nitrogens with zero attached hydrogens (tertiary/aromatic N) is 5. The van der Waals surface area contributed by atoms with E-state index in [0.717, 1.165) is 55.1 Å². The minimum absolute atomic E-state index is 0.0307. The highest BCUT2D eigenvalue weighted by molar-refractivity contribution is 6.33. The molecule has 2 aliphatic heterocycles. The van der Waals surface area contributed by atoms with Gasteiger partial charge in [-0.15, -0.1) is 0 Å². The van der Waals surface area contributed by atoms with E-state index in [1.165, 1.54) is 25.0 Å². The molecule has 0 radical (unpaired) electrons. The number of halogens is 1. The minimum Gasteiger partial charge on any atom is -0.508 e. The van der Waals surface area contributed by atoms with Crippen LogP contribution in [0.2, 0.25) is 5.02 Å². The highest BCUT2D eigenvalue weighted by atomic mass is 35.5. The summed E-state index contributed by atoms with van der Waals surface area (Å²) >= 11 is 6.27. The summed E-state index contributed by atoms with van der Waals surface area (Å²) in [6, 6.07) is 6.34. The van der Waals surface area contributed by atoms with Crippen LogP contribution >= 0.6 is 11.6 Å². The molecule has 2 aliphatic rings. The first-order valence-electron chi connectivity index (χ1n) is 10.9. The lowest BCUT2D eigenvalue weighted by molar-refractivity contribution is 0.0605. The summed E-state index contributed by atoms with van der Waals surface area (Å²) in [4.78, 5) is 22.4. The number of rotatable bonds is 3. The Balaban J connectivity index is 1.49. The number of aromatic hydroxyl groups is 1. The standard InChI is InChI=1S/C23H26ClN5O2/c1-15-14-29-21(25-22(15)27-9-4-5-10-27)13-19(26-29)20-6-2-3-11-28(20)23(31)17-12-16(30)7-8-18(17)24/h7-8,12-14,20,30H,2-6,9-11H2,1H3. The monoisotopic (exact) mass is 439 g/mol. The number of aromatic nitrogens is 3. The zero-order valence-corrected chi connectivity index (χ0v) is 18.3. The van der Waals surface area contributed by atoms with Gasteiger partial charge in [-0.3, -0.25) is 4.79 Å². The summed E-state index contributed by atoms with van der Waals surface area (Å²) in [6.07, 6.45) is 7.23. The highest BCUT2D eigenvalue weighted by Gasteiger charge is 2.32. The van der Waals surface area contributed by atoms with Crippen molar-refractivity contribution in [1.29, 1.82) is 0 Å². The van der Waals surface area contributed by atoms with Gasteiger partial charge in [0.1, 0.15) is 11.6 Å². The van der Waals surface area contributed by atoms with E-state index in [-0.39, 0.29) is 17.7 Å². The Hall–Kier alpha value is -2.80. The third-order valence-electron chi connectivity index (χ3n) is 6.32. The second-order valence-corrected chi connectivity index (χ2v) is 8.90. The summed E-state index contributed by atoms with van der Waals surface area (Å²) in [5.74, 6) is 0.882. The van der Waals surface area contributed by atoms with E-state index in [9.17, 15) is 9.90 Å². The molecule has 1 unspecified atom stereocenters. The SMILES string of the molecule is Cc1cn2nc(C3CCCCN3C(=O)c3cc(O)ccc3Cl)cc2nc1N1CCCC1. The third kappa shape index (κ3) is 3.71. The molecule has 0 spiro atoms. The van der Waals surface area contributed by atoms with Crippen molar-refractivity contribution >= 4 is 29.0 Å². The van der Waals surface area contributed by atoms with Crippen LogP contribution in [0.3, 0.4) is 0 Å². The van der Waals surface area contributed by atoms with Gasteiger partial charge in [0, 0.05) is 37.5 Å². The third-order valence-corrected chi connectivity index (χ3v) is 6.64. The van der Waals surface area contributed by atoms with E-state index in [1.807, 2.05) is 21.7 Å². The van der Waals surface area contributed by atoms with Crippen molar-refractivity contribution in [3.05, 3.63) is 52.3 Å². The Morgan fingerprint density at radius 1 is 1.13 bits per heavy atom. The number of hydrogen-bond acceptors (Lipinski definition) is 5. The number of hydrogen-bond donors (Lipinski definition) is 1. The Kier molecular flexibility index (Phi) is 5.22. The fraction of sp³-hybridized carbons (Fsp3) is 0.435. The molecular weight excluding hydrogens is 414 g/mol. The fourth-order valence-electron chi connectivity index (χ4n) is 4.75. The number of piperidine rings is 1. The molecular formula is C23H26ClN5O2. The van der Waals surface area contributed by atoms with Crippen LogP contribution in [-0.4, -0.2) is 50.1 Å². The molecule has 8 heteroatoms. The van der Waals surface area contributed by atoms with Gasteiger partial charge in [-0.1, -0.05) is 11.6 Å². The molecule has 162 valence electrons. The summed E-state index contributed by atoms with van der Waals surface area (Å²) < 4.78 is 1.82. The van der Waals surface area contributed by atoms with Crippen LogP contribution in [0, 0.1) is 6.92 Å². The molecule has 3 aromatic rings. The molecule has 0 aliphatic carbocycles. The fourth-order valence-corrected chi connectivity index (χ4v) is 4.94. The average Bonchev–Trinajstić information content (AvgIpc) is 3.44. The van der Waals surface area contributed by atoms with E-state index in [0.29, 0.717) is 17.1 Å².